The lowest BCUT2D eigenvalue weighted by Crippen LogP contribution is -2.53. The quantitative estimate of drug-likeness (QED) is 0.861. The molecule has 1 aliphatic rings. The summed E-state index contributed by atoms with van der Waals surface area (Å²) < 4.78 is 5.79. The summed E-state index contributed by atoms with van der Waals surface area (Å²) in [5.41, 5.74) is 1.46. The Morgan fingerprint density at radius 3 is 2.82 bits per heavy atom. The number of hydrogen-bond donors (Lipinski definition) is 1. The maximum Gasteiger partial charge on any atom is 0.0662 e. The highest BCUT2D eigenvalue weighted by Crippen LogP contribution is 2.25. The molecule has 1 aliphatic heterocycles. The molecule has 0 aromatic heterocycles. The molecule has 1 heterocycles. The first-order valence-corrected chi connectivity index (χ1v) is 6.64. The Morgan fingerprint density at radius 1 is 1.35 bits per heavy atom. The van der Waals surface area contributed by atoms with E-state index in [0.29, 0.717) is 6.04 Å². The Morgan fingerprint density at radius 2 is 2.12 bits per heavy atom. The number of morpholine rings is 1. The minimum Gasteiger partial charge on any atom is -0.378 e. The molecule has 1 aromatic carbocycles. The molecule has 0 spiro atoms. The second-order valence-corrected chi connectivity index (χ2v) is 5.29. The Bertz CT molecular complexity index is 338. The van der Waals surface area contributed by atoms with Crippen LogP contribution in [0.1, 0.15) is 44.7 Å². The van der Waals surface area contributed by atoms with Crippen molar-refractivity contribution in [2.24, 2.45) is 0 Å². The van der Waals surface area contributed by atoms with Crippen LogP contribution < -0.4 is 5.32 Å². The predicted molar refractivity (Wildman–Crippen MR) is 71.1 cm³/mol. The molecule has 2 rings (SSSR count). The van der Waals surface area contributed by atoms with Crippen molar-refractivity contribution in [3.63, 3.8) is 0 Å². The predicted octanol–water partition coefficient (Wildman–Crippen LogP) is 3.30. The van der Waals surface area contributed by atoms with Crippen molar-refractivity contribution in [2.75, 3.05) is 13.2 Å². The van der Waals surface area contributed by atoms with Crippen LogP contribution in [0.15, 0.2) is 30.3 Å². The first-order chi connectivity index (χ1) is 8.23. The van der Waals surface area contributed by atoms with Gasteiger partial charge >= 0.3 is 0 Å². The Balaban J connectivity index is 2.02. The van der Waals surface area contributed by atoms with Crippen molar-refractivity contribution in [3.8, 4) is 0 Å². The minimum absolute atomic E-state index is 0.134. The van der Waals surface area contributed by atoms with Crippen molar-refractivity contribution in [2.45, 2.75) is 44.7 Å². The molecule has 2 heteroatoms. The third-order valence-corrected chi connectivity index (χ3v) is 3.51. The molecule has 0 bridgehead atoms. The van der Waals surface area contributed by atoms with Crippen LogP contribution in [-0.2, 0) is 4.74 Å². The molecule has 0 saturated carbocycles. The zero-order chi connectivity index (χ0) is 12.1. The van der Waals surface area contributed by atoms with Crippen LogP contribution in [0.4, 0.5) is 0 Å². The number of hydrogen-bond acceptors (Lipinski definition) is 2. The Hall–Kier alpha value is -0.860. The minimum atomic E-state index is 0.134. The molecule has 2 atom stereocenters. The molecule has 0 radical (unpaired) electrons. The number of benzene rings is 1. The SMILES string of the molecule is CCCC[C@]1(C)COC[C@@H](c2ccccc2)N1. The summed E-state index contributed by atoms with van der Waals surface area (Å²) >= 11 is 0. The molecule has 0 amide bonds. The van der Waals surface area contributed by atoms with E-state index < -0.39 is 0 Å². The van der Waals surface area contributed by atoms with Gasteiger partial charge in [0.2, 0.25) is 0 Å². The van der Waals surface area contributed by atoms with Crippen LogP contribution in [0.2, 0.25) is 0 Å². The van der Waals surface area contributed by atoms with E-state index in [1.165, 1.54) is 24.8 Å². The molecule has 2 nitrogen and oxygen atoms in total. The van der Waals surface area contributed by atoms with Crippen molar-refractivity contribution >= 4 is 0 Å². The number of nitrogens with one attached hydrogen (secondary N) is 1. The molecule has 1 saturated heterocycles. The summed E-state index contributed by atoms with van der Waals surface area (Å²) in [6.07, 6.45) is 3.69. The molecule has 0 aliphatic carbocycles. The normalized spacial score (nSPS) is 29.2. The Labute approximate surface area is 104 Å². The summed E-state index contributed by atoms with van der Waals surface area (Å²) in [4.78, 5) is 0. The van der Waals surface area contributed by atoms with Gasteiger partial charge in [-0.2, -0.15) is 0 Å². The zero-order valence-corrected chi connectivity index (χ0v) is 10.9. The molecule has 17 heavy (non-hydrogen) atoms. The van der Waals surface area contributed by atoms with E-state index >= 15 is 0 Å². The van der Waals surface area contributed by atoms with E-state index in [1.807, 2.05) is 0 Å². The fourth-order valence-corrected chi connectivity index (χ4v) is 2.48. The maximum absolute atomic E-state index is 5.79. The van der Waals surface area contributed by atoms with Crippen molar-refractivity contribution in [1.82, 2.24) is 5.32 Å². The van der Waals surface area contributed by atoms with E-state index in [2.05, 4.69) is 49.5 Å². The fraction of sp³-hybridized carbons (Fsp3) is 0.600. The lowest BCUT2D eigenvalue weighted by Gasteiger charge is -2.40. The van der Waals surface area contributed by atoms with Gasteiger partial charge in [0.05, 0.1) is 19.3 Å². The first-order valence-electron chi connectivity index (χ1n) is 6.64. The summed E-state index contributed by atoms with van der Waals surface area (Å²) in [6, 6.07) is 10.9. The van der Waals surface area contributed by atoms with Gasteiger partial charge in [-0.25, -0.2) is 0 Å². The average molecular weight is 233 g/mol. The zero-order valence-electron chi connectivity index (χ0n) is 10.9. The van der Waals surface area contributed by atoms with E-state index in [1.54, 1.807) is 0 Å². The van der Waals surface area contributed by atoms with Gasteiger partial charge in [-0.3, -0.25) is 0 Å². The van der Waals surface area contributed by atoms with Gasteiger partial charge < -0.3 is 10.1 Å². The average Bonchev–Trinajstić information content (AvgIpc) is 2.38. The number of ether oxygens (including phenoxy) is 1. The van der Waals surface area contributed by atoms with Crippen LogP contribution in [-0.4, -0.2) is 18.8 Å². The molecular weight excluding hydrogens is 210 g/mol. The van der Waals surface area contributed by atoms with Crippen molar-refractivity contribution < 1.29 is 4.74 Å². The molecule has 1 aromatic rings. The monoisotopic (exact) mass is 233 g/mol. The van der Waals surface area contributed by atoms with E-state index in [0.717, 1.165) is 13.2 Å². The van der Waals surface area contributed by atoms with Gasteiger partial charge in [0, 0.05) is 5.54 Å². The number of unbranched alkanes of at least 4 members (excludes halogenated alkanes) is 1. The second-order valence-electron chi connectivity index (χ2n) is 5.29. The lowest BCUT2D eigenvalue weighted by molar-refractivity contribution is 0.000886. The van der Waals surface area contributed by atoms with Crippen LogP contribution in [0, 0.1) is 0 Å². The summed E-state index contributed by atoms with van der Waals surface area (Å²) in [5, 5.41) is 3.76. The topological polar surface area (TPSA) is 21.3 Å². The summed E-state index contributed by atoms with van der Waals surface area (Å²) in [6.45, 7) is 6.13. The highest BCUT2D eigenvalue weighted by molar-refractivity contribution is 5.20. The van der Waals surface area contributed by atoms with E-state index in [4.69, 9.17) is 4.74 Å². The third kappa shape index (κ3) is 3.30. The fourth-order valence-electron chi connectivity index (χ4n) is 2.48. The van der Waals surface area contributed by atoms with Crippen molar-refractivity contribution in [3.05, 3.63) is 35.9 Å². The van der Waals surface area contributed by atoms with Gasteiger partial charge in [0.1, 0.15) is 0 Å². The van der Waals surface area contributed by atoms with Crippen LogP contribution in [0.3, 0.4) is 0 Å². The Kier molecular flexibility index (Phi) is 4.19. The van der Waals surface area contributed by atoms with Crippen LogP contribution in [0.5, 0.6) is 0 Å². The van der Waals surface area contributed by atoms with Crippen LogP contribution >= 0.6 is 0 Å². The van der Waals surface area contributed by atoms with Gasteiger partial charge in [-0.05, 0) is 18.9 Å². The second kappa shape index (κ2) is 5.65. The summed E-state index contributed by atoms with van der Waals surface area (Å²) in [7, 11) is 0. The van der Waals surface area contributed by atoms with Gasteiger partial charge in [0.15, 0.2) is 0 Å². The molecular formula is C15H23NO. The molecule has 1 fully saturated rings. The van der Waals surface area contributed by atoms with Crippen LogP contribution in [0.25, 0.3) is 0 Å². The highest BCUT2D eigenvalue weighted by atomic mass is 16.5. The molecule has 94 valence electrons. The lowest BCUT2D eigenvalue weighted by atomic mass is 9.92. The third-order valence-electron chi connectivity index (χ3n) is 3.51. The molecule has 1 N–H and O–H groups in total. The van der Waals surface area contributed by atoms with E-state index in [9.17, 15) is 0 Å². The van der Waals surface area contributed by atoms with Gasteiger partial charge in [-0.1, -0.05) is 50.1 Å². The van der Waals surface area contributed by atoms with Crippen molar-refractivity contribution in [1.29, 1.82) is 0 Å². The smallest absolute Gasteiger partial charge is 0.0662 e. The maximum atomic E-state index is 5.79. The standard InChI is InChI=1S/C15H23NO/c1-3-4-10-15(2)12-17-11-14(16-15)13-8-6-5-7-9-13/h5-9,14,16H,3-4,10-12H2,1-2H3/t14-,15+/m0/s1. The summed E-state index contributed by atoms with van der Waals surface area (Å²) in [5.74, 6) is 0. The first kappa shape index (κ1) is 12.6. The number of rotatable bonds is 4. The highest BCUT2D eigenvalue weighted by Gasteiger charge is 2.31. The molecule has 0 unspecified atom stereocenters. The van der Waals surface area contributed by atoms with Gasteiger partial charge in [0.25, 0.3) is 0 Å². The van der Waals surface area contributed by atoms with Gasteiger partial charge in [-0.15, -0.1) is 0 Å². The van der Waals surface area contributed by atoms with E-state index in [-0.39, 0.29) is 5.54 Å². The largest absolute Gasteiger partial charge is 0.378 e.